The maximum atomic E-state index is 14.5. The molecule has 132 heavy (non-hydrogen) atoms. The van der Waals surface area contributed by atoms with Crippen molar-refractivity contribution in [2.75, 3.05) is 59.0 Å². The summed E-state index contributed by atoms with van der Waals surface area (Å²) in [6.07, 6.45) is -2.68. The summed E-state index contributed by atoms with van der Waals surface area (Å²) < 4.78 is 0. The van der Waals surface area contributed by atoms with Gasteiger partial charge in [-0.3, -0.25) is 96.3 Å². The molecule has 0 saturated heterocycles. The Morgan fingerprint density at radius 2 is 0.705 bits per heavy atom. The highest BCUT2D eigenvalue weighted by molar-refractivity contribution is 6.01. The van der Waals surface area contributed by atoms with Crippen LogP contribution in [0.3, 0.4) is 0 Å². The van der Waals surface area contributed by atoms with Gasteiger partial charge in [-0.1, -0.05) is 74.5 Å². The predicted molar refractivity (Wildman–Crippen MR) is 480 cm³/mol. The molecule has 18 amide bonds. The standard InChI is InChI=1S/C82H136N28O22/c1-44(2)36-57(75(126)105-52(25-13-16-32-84)73(124)108-59(39-62(88)114)76(127)106-56(80(131)132)29-30-61(87)113)107-72(123)51(24-12-15-31-83)103-71(122)55(28-19-35-94-82(91)92)102-68(119)46(4)99-78(129)60(43-111)109-74(125)53(26-14-17-33-85)104-70(121)54(27-18-34-93-81(89)90)101-67(118)45(3)98-64(116)42-97-79(130)66(47(5)112)110-77(128)58(38-49-22-10-7-11-23-49)100-65(117)41-95-63(115)40-96-69(120)50(86)37-48-20-8-6-9-21-48/h6-11,20-23,44-47,50-60,66,111-112H,12-19,24-43,83-86H2,1-5H3,(H2,87,113)(H2,88,114)(H,95,115)(H,96,120)(H,97,130)(H,98,116)(H,99,129)(H,100,117)(H,101,118)(H,102,119)(H,103,122)(H,104,121)(H,105,126)(H,106,127)(H,107,123)(H,108,124)(H,109,125)(H,110,128)(H,131,132)(H4,89,90,93)(H4,91,92,94)/t45-,46-,47+,50-,51-,52-,53-,54-,55-,56-,57-,58-,59-,60-,66-/m0/s1. The van der Waals surface area contributed by atoms with Crippen molar-refractivity contribution in [2.45, 2.75) is 247 Å². The summed E-state index contributed by atoms with van der Waals surface area (Å²) in [6, 6.07) is -4.38. The Bertz CT molecular complexity index is 4180. The number of carbonyl (C=O) groups excluding carboxylic acids is 18. The summed E-state index contributed by atoms with van der Waals surface area (Å²) in [5, 5.41) is 69.9. The average Bonchev–Trinajstić information content (AvgIpc) is 0.856. The van der Waals surface area contributed by atoms with Gasteiger partial charge in [0.15, 0.2) is 11.9 Å². The highest BCUT2D eigenvalue weighted by Gasteiger charge is 2.38. The third-order valence-electron chi connectivity index (χ3n) is 19.8. The zero-order valence-electron chi connectivity index (χ0n) is 75.1. The monoisotopic (exact) mass is 1870 g/mol. The molecular formula is C82H136N28O22. The Labute approximate surface area is 763 Å². The molecule has 0 aliphatic heterocycles. The van der Waals surface area contributed by atoms with Gasteiger partial charge in [-0.05, 0) is 160 Å². The van der Waals surface area contributed by atoms with Crippen LogP contribution in [0.25, 0.3) is 0 Å². The van der Waals surface area contributed by atoms with Crippen molar-refractivity contribution in [3.05, 3.63) is 71.8 Å². The minimum atomic E-state index is -1.85. The number of benzene rings is 2. The van der Waals surface area contributed by atoms with Crippen LogP contribution in [-0.4, -0.2) is 289 Å². The van der Waals surface area contributed by atoms with Gasteiger partial charge in [0.2, 0.25) is 106 Å². The van der Waals surface area contributed by atoms with Crippen molar-refractivity contribution in [3.63, 3.8) is 0 Å². The van der Waals surface area contributed by atoms with Crippen molar-refractivity contribution >= 4 is 124 Å². The number of aliphatic imine (C=N–C) groups is 2. The summed E-state index contributed by atoms with van der Waals surface area (Å²) in [6.45, 7) is 4.03. The van der Waals surface area contributed by atoms with Crippen LogP contribution < -0.4 is 142 Å². The first-order chi connectivity index (χ1) is 62.4. The van der Waals surface area contributed by atoms with Crippen molar-refractivity contribution in [1.29, 1.82) is 0 Å². The molecule has 0 bridgehead atoms. The van der Waals surface area contributed by atoms with E-state index in [0.29, 0.717) is 24.8 Å². The molecule has 50 heteroatoms. The lowest BCUT2D eigenvalue weighted by atomic mass is 10.00. The van der Waals surface area contributed by atoms with E-state index in [0.717, 1.165) is 12.5 Å². The van der Waals surface area contributed by atoms with Gasteiger partial charge in [0.05, 0.1) is 44.8 Å². The van der Waals surface area contributed by atoms with Crippen LogP contribution in [0, 0.1) is 5.92 Å². The number of hydrogen-bond acceptors (Lipinski definition) is 27. The smallest absolute Gasteiger partial charge is 0.326 e. The zero-order valence-corrected chi connectivity index (χ0v) is 75.1. The van der Waals surface area contributed by atoms with E-state index in [1.807, 2.05) is 0 Å². The number of aliphatic carboxylic acids is 1. The molecule has 0 fully saturated rings. The van der Waals surface area contributed by atoms with Crippen LogP contribution in [0.15, 0.2) is 70.6 Å². The second-order valence-electron chi connectivity index (χ2n) is 31.7. The van der Waals surface area contributed by atoms with Crippen molar-refractivity contribution in [1.82, 2.24) is 85.1 Å². The maximum Gasteiger partial charge on any atom is 0.326 e. The third kappa shape index (κ3) is 47.3. The number of nitrogens with two attached hydrogens (primary N) is 10. The minimum absolute atomic E-state index is 0.0117. The van der Waals surface area contributed by atoms with Crippen molar-refractivity contribution in [2.24, 2.45) is 73.2 Å². The Morgan fingerprint density at radius 1 is 0.348 bits per heavy atom. The van der Waals surface area contributed by atoms with Crippen molar-refractivity contribution < 1.29 is 106 Å². The van der Waals surface area contributed by atoms with Gasteiger partial charge in [-0.2, -0.15) is 0 Å². The quantitative estimate of drug-likeness (QED) is 0.0166. The number of guanidine groups is 2. The van der Waals surface area contributed by atoms with E-state index in [-0.39, 0.29) is 134 Å². The number of nitrogens with one attached hydrogen (secondary N) is 16. The Balaban J connectivity index is 2.35. The number of aliphatic hydroxyl groups is 2. The summed E-state index contributed by atoms with van der Waals surface area (Å²) in [5.74, 6) is -20.2. The van der Waals surface area contributed by atoms with E-state index in [4.69, 9.17) is 57.3 Å². The molecule has 50 nitrogen and oxygen atoms in total. The Hall–Kier alpha value is -13.3. The second-order valence-corrected chi connectivity index (χ2v) is 31.7. The predicted octanol–water partition coefficient (Wildman–Crippen LogP) is -11.4. The van der Waals surface area contributed by atoms with Gasteiger partial charge < -0.3 is 158 Å². The molecule has 0 heterocycles. The number of carbonyl (C=O) groups is 19. The number of unbranched alkanes of at least 4 members (excludes halogenated alkanes) is 3. The summed E-state index contributed by atoms with van der Waals surface area (Å²) in [7, 11) is 0. The van der Waals surface area contributed by atoms with E-state index >= 15 is 0 Å². The average molecular weight is 1870 g/mol. The normalized spacial score (nSPS) is 14.4. The van der Waals surface area contributed by atoms with Crippen molar-refractivity contribution in [3.8, 4) is 0 Å². The Kier molecular flexibility index (Phi) is 54.6. The lowest BCUT2D eigenvalue weighted by molar-refractivity contribution is -0.143. The number of amides is 18. The van der Waals surface area contributed by atoms with E-state index in [2.05, 4.69) is 95.1 Å². The summed E-state index contributed by atoms with van der Waals surface area (Å²) in [4.78, 5) is 265. The highest BCUT2D eigenvalue weighted by atomic mass is 16.4. The molecule has 0 aliphatic carbocycles. The van der Waals surface area contributed by atoms with Gasteiger partial charge in [0.1, 0.15) is 78.5 Å². The molecule has 0 aromatic heterocycles. The van der Waals surface area contributed by atoms with Crippen LogP contribution in [0.4, 0.5) is 0 Å². The molecule has 0 unspecified atom stereocenters. The molecule has 0 spiro atoms. The van der Waals surface area contributed by atoms with Crippen LogP contribution in [0.2, 0.25) is 0 Å². The van der Waals surface area contributed by atoms with Crippen LogP contribution in [0.1, 0.15) is 155 Å². The molecule has 39 N–H and O–H groups in total. The number of carboxylic acid groups (broad SMARTS) is 1. The molecule has 2 rings (SSSR count). The molecule has 0 radical (unpaired) electrons. The maximum absolute atomic E-state index is 14.5. The van der Waals surface area contributed by atoms with E-state index in [1.54, 1.807) is 74.5 Å². The molecule has 0 aliphatic rings. The number of aliphatic hydroxyl groups excluding tert-OH is 2. The summed E-state index contributed by atoms with van der Waals surface area (Å²) >= 11 is 0. The molecule has 0 saturated carbocycles. The Morgan fingerprint density at radius 3 is 1.12 bits per heavy atom. The fourth-order valence-corrected chi connectivity index (χ4v) is 12.7. The van der Waals surface area contributed by atoms with Gasteiger partial charge >= 0.3 is 5.97 Å². The van der Waals surface area contributed by atoms with E-state index in [9.17, 15) is 106 Å². The first-order valence-corrected chi connectivity index (χ1v) is 43.3. The fraction of sp³-hybridized carbons (Fsp3) is 0.598. The van der Waals surface area contributed by atoms with Crippen LogP contribution in [0.5, 0.6) is 0 Å². The minimum Gasteiger partial charge on any atom is -0.480 e. The lowest BCUT2D eigenvalue weighted by Crippen LogP contribution is -2.61. The molecule has 2 aromatic rings. The first-order valence-electron chi connectivity index (χ1n) is 43.3. The van der Waals surface area contributed by atoms with E-state index < -0.39 is 248 Å². The number of nitrogens with zero attached hydrogens (tertiary/aromatic N) is 2. The number of hydrogen-bond donors (Lipinski definition) is 29. The lowest BCUT2D eigenvalue weighted by Gasteiger charge is -2.28. The topological polar surface area (TPSA) is 862 Å². The highest BCUT2D eigenvalue weighted by Crippen LogP contribution is 2.15. The number of carboxylic acids is 1. The van der Waals surface area contributed by atoms with E-state index in [1.165, 1.54) is 13.8 Å². The second kappa shape index (κ2) is 62.8. The fourth-order valence-electron chi connectivity index (χ4n) is 12.7. The van der Waals surface area contributed by atoms with Crippen LogP contribution >= 0.6 is 0 Å². The molecular weight excluding hydrogens is 1730 g/mol. The third-order valence-corrected chi connectivity index (χ3v) is 19.8. The number of rotatable bonds is 66. The molecule has 736 valence electrons. The zero-order chi connectivity index (χ0) is 99.1. The van der Waals surface area contributed by atoms with Gasteiger partial charge in [0, 0.05) is 25.9 Å². The van der Waals surface area contributed by atoms with Crippen LogP contribution in [-0.2, 0) is 104 Å². The first kappa shape index (κ1) is 115. The SMILES string of the molecule is CC(C)C[C@H](NC(=O)[C@H](CCCCN)NC(=O)[C@H](CCCN=C(N)N)NC(=O)[C@H](C)NC(=O)[C@H](CO)NC(=O)[C@H](CCCCN)NC(=O)[C@H](CCCN=C(N)N)NC(=O)[C@H](C)NC(=O)CNC(=O)[C@@H](NC(=O)[C@H](Cc1ccccc1)NC(=O)CNC(=O)CNC(=O)[C@@H](N)Cc1ccccc1)[C@@H](C)O)C(=O)N[C@@H](CCCCN)C(=O)N[C@@H](CC(N)=O)C(=O)N[C@@H](CCC(N)=O)C(=O)O. The van der Waals surface area contributed by atoms with Gasteiger partial charge in [-0.25, -0.2) is 4.79 Å². The van der Waals surface area contributed by atoms with Gasteiger partial charge in [0.25, 0.3) is 0 Å². The summed E-state index contributed by atoms with van der Waals surface area (Å²) in [5.41, 5.74) is 57.4. The molecule has 2 aromatic carbocycles. The van der Waals surface area contributed by atoms with Gasteiger partial charge in [-0.15, -0.1) is 0 Å². The largest absolute Gasteiger partial charge is 0.480 e. The molecule has 15 atom stereocenters. The number of primary amides is 2.